The van der Waals surface area contributed by atoms with E-state index in [4.69, 9.17) is 9.47 Å². The Labute approximate surface area is 150 Å². The summed E-state index contributed by atoms with van der Waals surface area (Å²) in [5, 5.41) is 0. The summed E-state index contributed by atoms with van der Waals surface area (Å²) in [5.41, 5.74) is 1.37. The molecule has 1 aliphatic heterocycles. The van der Waals surface area contributed by atoms with Crippen LogP contribution in [-0.2, 0) is 19.6 Å². The van der Waals surface area contributed by atoms with E-state index in [0.29, 0.717) is 48.0 Å². The standard InChI is InChI=1S/C18H27NO5S/c1-14-11-17(23-3)12-15(2)18(14)25(21,22)19-8-5-4-7-16(19)13-24-10-6-9-20/h9,11-12,16H,4-8,10,13H2,1-3H3. The van der Waals surface area contributed by atoms with Gasteiger partial charge in [0.25, 0.3) is 0 Å². The third-order valence-electron chi connectivity index (χ3n) is 4.50. The largest absolute Gasteiger partial charge is 0.497 e. The van der Waals surface area contributed by atoms with Crippen LogP contribution in [0, 0.1) is 13.8 Å². The number of aryl methyl sites for hydroxylation is 2. The molecule has 0 aromatic heterocycles. The molecular formula is C18H27NO5S. The number of benzene rings is 1. The van der Waals surface area contributed by atoms with Crippen LogP contribution in [0.15, 0.2) is 17.0 Å². The predicted octanol–water partition coefficient (Wildman–Crippen LogP) is 2.46. The minimum Gasteiger partial charge on any atom is -0.497 e. The van der Waals surface area contributed by atoms with Gasteiger partial charge in [0.05, 0.1) is 25.2 Å². The molecule has 1 atom stereocenters. The van der Waals surface area contributed by atoms with Crippen LogP contribution in [0.2, 0.25) is 0 Å². The Balaban J connectivity index is 2.28. The maximum Gasteiger partial charge on any atom is 0.243 e. The van der Waals surface area contributed by atoms with Gasteiger partial charge < -0.3 is 14.3 Å². The molecule has 1 aliphatic rings. The van der Waals surface area contributed by atoms with Crippen LogP contribution in [0.4, 0.5) is 0 Å². The first kappa shape index (κ1) is 19.9. The number of carbonyl (C=O) groups excluding carboxylic acids is 1. The number of carbonyl (C=O) groups is 1. The lowest BCUT2D eigenvalue weighted by molar-refractivity contribution is -0.108. The van der Waals surface area contributed by atoms with Crippen molar-refractivity contribution < 1.29 is 22.7 Å². The van der Waals surface area contributed by atoms with Gasteiger partial charge in [-0.3, -0.25) is 0 Å². The van der Waals surface area contributed by atoms with E-state index in [-0.39, 0.29) is 6.04 Å². The zero-order valence-electron chi connectivity index (χ0n) is 15.2. The molecule has 1 aromatic rings. The summed E-state index contributed by atoms with van der Waals surface area (Å²) in [5.74, 6) is 0.654. The number of piperidine rings is 1. The molecule has 1 unspecified atom stereocenters. The molecule has 0 amide bonds. The number of ether oxygens (including phenoxy) is 2. The van der Waals surface area contributed by atoms with Crippen molar-refractivity contribution in [2.45, 2.75) is 50.5 Å². The van der Waals surface area contributed by atoms with E-state index in [9.17, 15) is 13.2 Å². The lowest BCUT2D eigenvalue weighted by atomic mass is 10.1. The minimum atomic E-state index is -3.61. The van der Waals surface area contributed by atoms with E-state index in [0.717, 1.165) is 25.5 Å². The van der Waals surface area contributed by atoms with Gasteiger partial charge in [0.1, 0.15) is 12.0 Å². The molecule has 1 heterocycles. The maximum absolute atomic E-state index is 13.3. The molecule has 1 aromatic carbocycles. The van der Waals surface area contributed by atoms with Gasteiger partial charge >= 0.3 is 0 Å². The number of aldehydes is 1. The third-order valence-corrected chi connectivity index (χ3v) is 6.76. The summed E-state index contributed by atoms with van der Waals surface area (Å²) in [6.07, 6.45) is 3.73. The molecule has 0 radical (unpaired) electrons. The van der Waals surface area contributed by atoms with Gasteiger partial charge in [0, 0.05) is 19.0 Å². The topological polar surface area (TPSA) is 72.9 Å². The Kier molecular flexibility index (Phi) is 6.98. The lowest BCUT2D eigenvalue weighted by Gasteiger charge is -2.35. The van der Waals surface area contributed by atoms with E-state index in [1.165, 1.54) is 0 Å². The van der Waals surface area contributed by atoms with Crippen LogP contribution in [-0.4, -0.2) is 51.9 Å². The second-order valence-electron chi connectivity index (χ2n) is 6.39. The van der Waals surface area contributed by atoms with Crippen molar-refractivity contribution in [3.63, 3.8) is 0 Å². The molecule has 0 spiro atoms. The second kappa shape index (κ2) is 8.78. The fourth-order valence-corrected chi connectivity index (χ4v) is 5.45. The fraction of sp³-hybridized carbons (Fsp3) is 0.611. The molecule has 7 heteroatoms. The average molecular weight is 369 g/mol. The Morgan fingerprint density at radius 2 is 1.92 bits per heavy atom. The highest BCUT2D eigenvalue weighted by molar-refractivity contribution is 7.89. The summed E-state index contributed by atoms with van der Waals surface area (Å²) in [6.45, 7) is 4.73. The summed E-state index contributed by atoms with van der Waals surface area (Å²) in [7, 11) is -2.04. The minimum absolute atomic E-state index is 0.189. The molecule has 1 saturated heterocycles. The van der Waals surface area contributed by atoms with E-state index in [1.54, 1.807) is 37.4 Å². The van der Waals surface area contributed by atoms with Gasteiger partial charge in [-0.05, 0) is 49.9 Å². The second-order valence-corrected chi connectivity index (χ2v) is 8.21. The zero-order chi connectivity index (χ0) is 18.4. The number of hydrogen-bond acceptors (Lipinski definition) is 5. The molecule has 140 valence electrons. The molecule has 0 N–H and O–H groups in total. The van der Waals surface area contributed by atoms with Crippen molar-refractivity contribution in [2.24, 2.45) is 0 Å². The Morgan fingerprint density at radius 3 is 2.52 bits per heavy atom. The Bertz CT molecular complexity index is 678. The van der Waals surface area contributed by atoms with Crippen LogP contribution in [0.3, 0.4) is 0 Å². The number of sulfonamides is 1. The van der Waals surface area contributed by atoms with E-state index >= 15 is 0 Å². The quantitative estimate of drug-likeness (QED) is 0.520. The molecule has 0 bridgehead atoms. The summed E-state index contributed by atoms with van der Waals surface area (Å²) in [4.78, 5) is 10.7. The normalized spacial score (nSPS) is 18.9. The highest BCUT2D eigenvalue weighted by Crippen LogP contribution is 2.31. The Hall–Kier alpha value is -1.44. The van der Waals surface area contributed by atoms with Crippen molar-refractivity contribution in [1.29, 1.82) is 0 Å². The van der Waals surface area contributed by atoms with Crippen molar-refractivity contribution >= 4 is 16.3 Å². The van der Waals surface area contributed by atoms with Gasteiger partial charge in [-0.15, -0.1) is 0 Å². The van der Waals surface area contributed by atoms with E-state index in [2.05, 4.69) is 0 Å². The number of rotatable bonds is 8. The van der Waals surface area contributed by atoms with Gasteiger partial charge in [-0.1, -0.05) is 6.42 Å². The molecule has 1 fully saturated rings. The first-order valence-electron chi connectivity index (χ1n) is 8.60. The Morgan fingerprint density at radius 1 is 1.24 bits per heavy atom. The van der Waals surface area contributed by atoms with Crippen LogP contribution in [0.25, 0.3) is 0 Å². The molecule has 0 saturated carbocycles. The van der Waals surface area contributed by atoms with Crippen LogP contribution >= 0.6 is 0 Å². The third kappa shape index (κ3) is 4.59. The smallest absolute Gasteiger partial charge is 0.243 e. The van der Waals surface area contributed by atoms with Crippen molar-refractivity contribution in [3.8, 4) is 5.75 Å². The molecular weight excluding hydrogens is 342 g/mol. The highest BCUT2D eigenvalue weighted by Gasteiger charge is 2.35. The van der Waals surface area contributed by atoms with Crippen molar-refractivity contribution in [3.05, 3.63) is 23.3 Å². The average Bonchev–Trinajstić information content (AvgIpc) is 2.58. The van der Waals surface area contributed by atoms with Crippen LogP contribution in [0.5, 0.6) is 5.75 Å². The van der Waals surface area contributed by atoms with Gasteiger partial charge in [0.15, 0.2) is 0 Å². The zero-order valence-corrected chi connectivity index (χ0v) is 16.0. The van der Waals surface area contributed by atoms with Crippen LogP contribution in [0.1, 0.15) is 36.8 Å². The molecule has 25 heavy (non-hydrogen) atoms. The number of nitrogens with zero attached hydrogens (tertiary/aromatic N) is 1. The highest BCUT2D eigenvalue weighted by atomic mass is 32.2. The van der Waals surface area contributed by atoms with Gasteiger partial charge in [0.2, 0.25) is 10.0 Å². The summed E-state index contributed by atoms with van der Waals surface area (Å²) < 4.78 is 38.9. The van der Waals surface area contributed by atoms with E-state index in [1.807, 2.05) is 0 Å². The summed E-state index contributed by atoms with van der Waals surface area (Å²) in [6, 6.07) is 3.31. The SMILES string of the molecule is COc1cc(C)c(S(=O)(=O)N2CCCCC2COCCC=O)c(C)c1. The van der Waals surface area contributed by atoms with Gasteiger partial charge in [-0.25, -0.2) is 8.42 Å². The fourth-order valence-electron chi connectivity index (χ4n) is 3.36. The molecule has 2 rings (SSSR count). The van der Waals surface area contributed by atoms with Crippen molar-refractivity contribution in [1.82, 2.24) is 4.31 Å². The lowest BCUT2D eigenvalue weighted by Crippen LogP contribution is -2.46. The van der Waals surface area contributed by atoms with Gasteiger partial charge in [-0.2, -0.15) is 4.31 Å². The van der Waals surface area contributed by atoms with E-state index < -0.39 is 10.0 Å². The monoisotopic (exact) mass is 369 g/mol. The number of methoxy groups -OCH3 is 1. The molecule has 6 nitrogen and oxygen atoms in total. The van der Waals surface area contributed by atoms with Crippen molar-refractivity contribution in [2.75, 3.05) is 26.9 Å². The number of hydrogen-bond donors (Lipinski definition) is 0. The van der Waals surface area contributed by atoms with Crippen LogP contribution < -0.4 is 4.74 Å². The predicted molar refractivity (Wildman–Crippen MR) is 95.5 cm³/mol. The maximum atomic E-state index is 13.3. The first-order chi connectivity index (χ1) is 11.9. The first-order valence-corrected chi connectivity index (χ1v) is 10.0. The molecule has 0 aliphatic carbocycles. The summed E-state index contributed by atoms with van der Waals surface area (Å²) >= 11 is 0.